The van der Waals surface area contributed by atoms with E-state index in [-0.39, 0.29) is 24.0 Å². The molecule has 1 aromatic rings. The number of benzene rings is 1. The van der Waals surface area contributed by atoms with E-state index in [1.807, 2.05) is 0 Å². The van der Waals surface area contributed by atoms with Crippen molar-refractivity contribution in [3.8, 4) is 0 Å². The van der Waals surface area contributed by atoms with Gasteiger partial charge in [0, 0.05) is 50.4 Å². The number of rotatable bonds is 6. The molecule has 7 nitrogen and oxygen atoms in total. The largest absolute Gasteiger partial charge is 0.352 e. The smallest absolute Gasteiger partial charge is 0.270 e. The number of non-ortho nitro benzene ring substituents is 1. The van der Waals surface area contributed by atoms with Gasteiger partial charge in [0.1, 0.15) is 0 Å². The maximum atomic E-state index is 12.1. The lowest BCUT2D eigenvalue weighted by Gasteiger charge is -2.27. The Labute approximate surface area is 142 Å². The van der Waals surface area contributed by atoms with Crippen molar-refractivity contribution in [3.63, 3.8) is 0 Å². The standard InChI is InChI=1S/C15H22N4O3.ClH/c1-12-3-4-13(19(21)22)11-14(12)15(20)17-5-2-8-18-9-6-16-7-10-18;/h3-4,11,16H,2,5-10H2,1H3,(H,17,20);1H. The number of halogens is 1. The van der Waals surface area contributed by atoms with Gasteiger partial charge in [-0.25, -0.2) is 0 Å². The summed E-state index contributed by atoms with van der Waals surface area (Å²) in [5.74, 6) is -0.249. The Bertz CT molecular complexity index is 548. The van der Waals surface area contributed by atoms with Crippen LogP contribution >= 0.6 is 12.4 Å². The molecule has 1 amide bonds. The molecular formula is C15H23ClN4O3. The van der Waals surface area contributed by atoms with Crippen molar-refractivity contribution in [2.75, 3.05) is 39.3 Å². The monoisotopic (exact) mass is 342 g/mol. The minimum absolute atomic E-state index is 0. The number of nitrogens with one attached hydrogen (secondary N) is 2. The zero-order valence-corrected chi connectivity index (χ0v) is 14.0. The highest BCUT2D eigenvalue weighted by atomic mass is 35.5. The predicted molar refractivity (Wildman–Crippen MR) is 91.3 cm³/mol. The van der Waals surface area contributed by atoms with Crippen molar-refractivity contribution >= 4 is 24.0 Å². The van der Waals surface area contributed by atoms with Gasteiger partial charge >= 0.3 is 0 Å². The topological polar surface area (TPSA) is 87.5 Å². The van der Waals surface area contributed by atoms with Crippen LogP contribution in [0.2, 0.25) is 0 Å². The molecule has 8 heteroatoms. The fourth-order valence-electron chi connectivity index (χ4n) is 2.50. The van der Waals surface area contributed by atoms with Gasteiger partial charge in [-0.15, -0.1) is 12.4 Å². The molecule has 128 valence electrons. The number of aryl methyl sites for hydroxylation is 1. The summed E-state index contributed by atoms with van der Waals surface area (Å²) in [6.45, 7) is 7.41. The minimum Gasteiger partial charge on any atom is -0.352 e. The first kappa shape index (κ1) is 19.3. The van der Waals surface area contributed by atoms with Gasteiger partial charge in [0.05, 0.1) is 4.92 Å². The first-order chi connectivity index (χ1) is 10.6. The number of nitro groups is 1. The number of piperazine rings is 1. The normalized spacial score (nSPS) is 14.8. The molecule has 0 aromatic heterocycles. The van der Waals surface area contributed by atoms with E-state index in [2.05, 4.69) is 15.5 Å². The highest BCUT2D eigenvalue weighted by molar-refractivity contribution is 5.96. The fraction of sp³-hybridized carbons (Fsp3) is 0.533. The van der Waals surface area contributed by atoms with Crippen LogP contribution in [-0.4, -0.2) is 55.0 Å². The first-order valence-corrected chi connectivity index (χ1v) is 7.54. The van der Waals surface area contributed by atoms with E-state index in [0.29, 0.717) is 12.1 Å². The number of nitro benzene ring substituents is 1. The molecule has 2 N–H and O–H groups in total. The van der Waals surface area contributed by atoms with Gasteiger partial charge in [-0.05, 0) is 25.5 Å². The van der Waals surface area contributed by atoms with E-state index < -0.39 is 4.92 Å². The quantitative estimate of drug-likeness (QED) is 0.463. The Morgan fingerprint density at radius 2 is 2.09 bits per heavy atom. The number of carbonyl (C=O) groups is 1. The lowest BCUT2D eigenvalue weighted by atomic mass is 10.1. The van der Waals surface area contributed by atoms with E-state index in [0.717, 1.165) is 44.7 Å². The third-order valence-corrected chi connectivity index (χ3v) is 3.82. The average Bonchev–Trinajstić information content (AvgIpc) is 2.52. The summed E-state index contributed by atoms with van der Waals surface area (Å²) in [4.78, 5) is 24.8. The van der Waals surface area contributed by atoms with Crippen molar-refractivity contribution in [3.05, 3.63) is 39.4 Å². The summed E-state index contributed by atoms with van der Waals surface area (Å²) in [6, 6.07) is 4.35. The summed E-state index contributed by atoms with van der Waals surface area (Å²) in [5.41, 5.74) is 1.05. The molecule has 1 aromatic carbocycles. The molecule has 0 saturated carbocycles. The second-order valence-corrected chi connectivity index (χ2v) is 5.46. The highest BCUT2D eigenvalue weighted by Crippen LogP contribution is 2.17. The Morgan fingerprint density at radius 3 is 2.74 bits per heavy atom. The molecule has 0 spiro atoms. The Kier molecular flexibility index (Phi) is 7.94. The van der Waals surface area contributed by atoms with Gasteiger partial charge in [-0.3, -0.25) is 14.9 Å². The van der Waals surface area contributed by atoms with Crippen molar-refractivity contribution < 1.29 is 9.72 Å². The molecule has 1 saturated heterocycles. The molecule has 1 aliphatic heterocycles. The molecular weight excluding hydrogens is 320 g/mol. The molecule has 23 heavy (non-hydrogen) atoms. The predicted octanol–water partition coefficient (Wildman–Crippen LogP) is 1.35. The lowest BCUT2D eigenvalue weighted by molar-refractivity contribution is -0.384. The average molecular weight is 343 g/mol. The number of carbonyl (C=O) groups excluding carboxylic acids is 1. The maximum absolute atomic E-state index is 12.1. The van der Waals surface area contributed by atoms with Gasteiger partial charge < -0.3 is 15.5 Å². The zero-order valence-electron chi connectivity index (χ0n) is 13.2. The summed E-state index contributed by atoms with van der Waals surface area (Å²) in [7, 11) is 0. The first-order valence-electron chi connectivity index (χ1n) is 7.54. The van der Waals surface area contributed by atoms with E-state index >= 15 is 0 Å². The fourth-order valence-corrected chi connectivity index (χ4v) is 2.50. The third kappa shape index (κ3) is 5.78. The molecule has 0 bridgehead atoms. The SMILES string of the molecule is Cc1ccc([N+](=O)[O-])cc1C(=O)NCCCN1CCNCC1.Cl. The van der Waals surface area contributed by atoms with Gasteiger partial charge in [0.15, 0.2) is 0 Å². The zero-order chi connectivity index (χ0) is 15.9. The molecule has 0 atom stereocenters. The molecule has 1 heterocycles. The van der Waals surface area contributed by atoms with Crippen LogP contribution in [0.5, 0.6) is 0 Å². The Hall–Kier alpha value is -1.70. The van der Waals surface area contributed by atoms with Crippen LogP contribution in [0.1, 0.15) is 22.3 Å². The number of amides is 1. The van der Waals surface area contributed by atoms with Crippen LogP contribution in [0, 0.1) is 17.0 Å². The summed E-state index contributed by atoms with van der Waals surface area (Å²) in [6.07, 6.45) is 0.875. The van der Waals surface area contributed by atoms with Crippen molar-refractivity contribution in [2.24, 2.45) is 0 Å². The van der Waals surface area contributed by atoms with Crippen molar-refractivity contribution in [2.45, 2.75) is 13.3 Å². The summed E-state index contributed by atoms with van der Waals surface area (Å²) in [5, 5.41) is 16.9. The molecule has 0 radical (unpaired) electrons. The minimum atomic E-state index is -0.486. The summed E-state index contributed by atoms with van der Waals surface area (Å²) < 4.78 is 0. The van der Waals surface area contributed by atoms with Gasteiger partial charge in [-0.1, -0.05) is 6.07 Å². The van der Waals surface area contributed by atoms with E-state index in [1.54, 1.807) is 13.0 Å². The third-order valence-electron chi connectivity index (χ3n) is 3.82. The molecule has 1 fully saturated rings. The van der Waals surface area contributed by atoms with E-state index in [1.165, 1.54) is 12.1 Å². The summed E-state index contributed by atoms with van der Waals surface area (Å²) >= 11 is 0. The molecule has 2 rings (SSSR count). The highest BCUT2D eigenvalue weighted by Gasteiger charge is 2.14. The van der Waals surface area contributed by atoms with E-state index in [4.69, 9.17) is 0 Å². The lowest BCUT2D eigenvalue weighted by Crippen LogP contribution is -2.44. The Morgan fingerprint density at radius 1 is 1.39 bits per heavy atom. The molecule has 0 aliphatic carbocycles. The number of nitrogens with zero attached hydrogens (tertiary/aromatic N) is 2. The number of hydrogen-bond acceptors (Lipinski definition) is 5. The van der Waals surface area contributed by atoms with Crippen LogP contribution < -0.4 is 10.6 Å². The van der Waals surface area contributed by atoms with Crippen LogP contribution in [0.25, 0.3) is 0 Å². The van der Waals surface area contributed by atoms with Gasteiger partial charge in [0.2, 0.25) is 0 Å². The van der Waals surface area contributed by atoms with Crippen LogP contribution in [0.15, 0.2) is 18.2 Å². The maximum Gasteiger partial charge on any atom is 0.270 e. The molecule has 1 aliphatic rings. The van der Waals surface area contributed by atoms with Crippen LogP contribution in [0.4, 0.5) is 5.69 Å². The van der Waals surface area contributed by atoms with Crippen molar-refractivity contribution in [1.82, 2.24) is 15.5 Å². The second kappa shape index (κ2) is 9.44. The van der Waals surface area contributed by atoms with Crippen LogP contribution in [-0.2, 0) is 0 Å². The Balaban J connectivity index is 0.00000264. The van der Waals surface area contributed by atoms with E-state index in [9.17, 15) is 14.9 Å². The van der Waals surface area contributed by atoms with Gasteiger partial charge in [0.25, 0.3) is 11.6 Å². The second-order valence-electron chi connectivity index (χ2n) is 5.46. The van der Waals surface area contributed by atoms with Crippen molar-refractivity contribution in [1.29, 1.82) is 0 Å². The molecule has 0 unspecified atom stereocenters. The van der Waals surface area contributed by atoms with Crippen LogP contribution in [0.3, 0.4) is 0 Å². The van der Waals surface area contributed by atoms with Gasteiger partial charge in [-0.2, -0.15) is 0 Å². The number of hydrogen-bond donors (Lipinski definition) is 2.